The Morgan fingerprint density at radius 1 is 0.929 bits per heavy atom. The predicted octanol–water partition coefficient (Wildman–Crippen LogP) is 3.88. The molecule has 5 rings (SSSR count). The summed E-state index contributed by atoms with van der Waals surface area (Å²) in [6.07, 6.45) is 7.10. The highest BCUT2D eigenvalue weighted by atomic mass is 16.6. The molecule has 1 N–H and O–H groups in total. The average molecular weight is 371 g/mol. The van der Waals surface area contributed by atoms with E-state index in [1.807, 2.05) is 0 Å². The van der Waals surface area contributed by atoms with Crippen LogP contribution >= 0.6 is 0 Å². The number of nitro benzene ring substituents is 1. The van der Waals surface area contributed by atoms with Gasteiger partial charge in [-0.1, -0.05) is 24.3 Å². The highest BCUT2D eigenvalue weighted by Crippen LogP contribution is 2.37. The summed E-state index contributed by atoms with van der Waals surface area (Å²) in [5, 5.41) is 10.8. The number of hydrogen-bond acceptors (Lipinski definition) is 5. The second-order valence-corrected chi connectivity index (χ2v) is 6.82. The predicted molar refractivity (Wildman–Crippen MR) is 102 cm³/mol. The third-order valence-corrected chi connectivity index (χ3v) is 5.26. The minimum Gasteiger partial charge on any atom is -0.338 e. The number of ketones is 2. The van der Waals surface area contributed by atoms with Crippen molar-refractivity contribution in [3.8, 4) is 11.4 Å². The molecule has 0 radical (unpaired) electrons. The van der Waals surface area contributed by atoms with Gasteiger partial charge in [-0.3, -0.25) is 19.7 Å². The lowest BCUT2D eigenvalue weighted by Crippen LogP contribution is -2.35. The van der Waals surface area contributed by atoms with Crippen LogP contribution in [0.3, 0.4) is 0 Å². The fourth-order valence-corrected chi connectivity index (χ4v) is 3.86. The molecule has 2 aliphatic carbocycles. The van der Waals surface area contributed by atoms with Crippen LogP contribution in [0, 0.1) is 22.0 Å². The van der Waals surface area contributed by atoms with Crippen molar-refractivity contribution in [1.82, 2.24) is 9.97 Å². The number of nitrogens with one attached hydrogen (secondary N) is 1. The molecule has 0 bridgehead atoms. The zero-order valence-corrected chi connectivity index (χ0v) is 14.5. The van der Waals surface area contributed by atoms with Crippen LogP contribution in [0.25, 0.3) is 22.4 Å². The summed E-state index contributed by atoms with van der Waals surface area (Å²) in [7, 11) is 0. The van der Waals surface area contributed by atoms with Crippen molar-refractivity contribution in [2.24, 2.45) is 11.8 Å². The van der Waals surface area contributed by atoms with Gasteiger partial charge >= 0.3 is 0 Å². The third kappa shape index (κ3) is 2.26. The molecule has 136 valence electrons. The van der Waals surface area contributed by atoms with Gasteiger partial charge < -0.3 is 4.98 Å². The minimum atomic E-state index is -0.505. The van der Waals surface area contributed by atoms with E-state index in [9.17, 15) is 19.7 Å². The van der Waals surface area contributed by atoms with E-state index in [0.717, 1.165) is 0 Å². The Balaban J connectivity index is 1.66. The molecule has 0 amide bonds. The SMILES string of the molecule is O=C1c2ccc3[nH]c(-c4ccc([N+](=O)[O-])cc4)nc3c2C(=O)[C@@H]2C=CC=C[C@@H]12. The van der Waals surface area contributed by atoms with E-state index in [0.29, 0.717) is 33.5 Å². The maximum absolute atomic E-state index is 13.1. The number of nitro groups is 1. The van der Waals surface area contributed by atoms with Crippen LogP contribution in [0.1, 0.15) is 20.7 Å². The van der Waals surface area contributed by atoms with Crippen LogP contribution in [-0.4, -0.2) is 26.5 Å². The summed E-state index contributed by atoms with van der Waals surface area (Å²) in [4.78, 5) is 44.1. The van der Waals surface area contributed by atoms with Crippen molar-refractivity contribution >= 4 is 28.3 Å². The lowest BCUT2D eigenvalue weighted by atomic mass is 9.72. The molecule has 2 atom stereocenters. The van der Waals surface area contributed by atoms with Gasteiger partial charge in [0, 0.05) is 23.3 Å². The van der Waals surface area contributed by atoms with E-state index in [1.54, 1.807) is 48.6 Å². The molecule has 7 heteroatoms. The van der Waals surface area contributed by atoms with Gasteiger partial charge in [0.05, 0.1) is 27.8 Å². The molecule has 0 spiro atoms. The zero-order chi connectivity index (χ0) is 19.4. The van der Waals surface area contributed by atoms with Crippen LogP contribution in [0.2, 0.25) is 0 Å². The van der Waals surface area contributed by atoms with Crippen molar-refractivity contribution < 1.29 is 14.5 Å². The number of aromatic nitrogens is 2. The van der Waals surface area contributed by atoms with Crippen LogP contribution in [0.15, 0.2) is 60.7 Å². The number of Topliss-reactive ketones (excluding diaryl/α,β-unsaturated/α-hetero) is 2. The molecule has 1 heterocycles. The molecule has 0 fully saturated rings. The van der Waals surface area contributed by atoms with Crippen molar-refractivity contribution in [2.45, 2.75) is 0 Å². The summed E-state index contributed by atoms with van der Waals surface area (Å²) in [6.45, 7) is 0. The number of carbonyl (C=O) groups is 2. The van der Waals surface area contributed by atoms with Gasteiger partial charge in [-0.15, -0.1) is 0 Å². The molecule has 0 aliphatic heterocycles. The molecule has 0 saturated heterocycles. The van der Waals surface area contributed by atoms with Gasteiger partial charge in [0.15, 0.2) is 11.6 Å². The number of H-pyrrole nitrogens is 1. The van der Waals surface area contributed by atoms with Crippen molar-refractivity contribution in [3.63, 3.8) is 0 Å². The number of carbonyl (C=O) groups excluding carboxylic acids is 2. The lowest BCUT2D eigenvalue weighted by molar-refractivity contribution is -0.384. The lowest BCUT2D eigenvalue weighted by Gasteiger charge is -2.28. The first-order valence-electron chi connectivity index (χ1n) is 8.75. The normalized spacial score (nSPS) is 20.3. The monoisotopic (exact) mass is 371 g/mol. The Labute approximate surface area is 158 Å². The number of benzene rings is 2. The molecule has 0 unspecified atom stereocenters. The Kier molecular flexibility index (Phi) is 3.39. The largest absolute Gasteiger partial charge is 0.338 e. The number of aromatic amines is 1. The summed E-state index contributed by atoms with van der Waals surface area (Å²) < 4.78 is 0. The Morgan fingerprint density at radius 3 is 2.29 bits per heavy atom. The summed E-state index contributed by atoms with van der Waals surface area (Å²) >= 11 is 0. The second-order valence-electron chi connectivity index (χ2n) is 6.82. The maximum Gasteiger partial charge on any atom is 0.269 e. The van der Waals surface area contributed by atoms with E-state index in [2.05, 4.69) is 9.97 Å². The molecular formula is C21H13N3O4. The van der Waals surface area contributed by atoms with E-state index in [-0.39, 0.29) is 17.3 Å². The first kappa shape index (κ1) is 16.3. The Bertz CT molecular complexity index is 1230. The van der Waals surface area contributed by atoms with Gasteiger partial charge in [0.1, 0.15) is 11.3 Å². The zero-order valence-electron chi connectivity index (χ0n) is 14.5. The summed E-state index contributed by atoms with van der Waals surface area (Å²) in [5.41, 5.74) is 2.46. The molecule has 28 heavy (non-hydrogen) atoms. The van der Waals surface area contributed by atoms with Gasteiger partial charge in [-0.05, 0) is 24.3 Å². The third-order valence-electron chi connectivity index (χ3n) is 5.26. The molecule has 2 aromatic carbocycles. The van der Waals surface area contributed by atoms with E-state index in [1.165, 1.54) is 12.1 Å². The highest BCUT2D eigenvalue weighted by molar-refractivity contribution is 6.22. The topological polar surface area (TPSA) is 106 Å². The number of nitrogens with zero attached hydrogens (tertiary/aromatic N) is 2. The number of imidazole rings is 1. The fourth-order valence-electron chi connectivity index (χ4n) is 3.86. The standard InChI is InChI=1S/C21H13N3O4/c25-19-13-3-1-2-4-14(13)20(26)17-15(19)9-10-16-18(17)23-21(22-16)11-5-7-12(8-6-11)24(27)28/h1-10,13-14H,(H,22,23)/t13-,14-/m1/s1. The Hall–Kier alpha value is -3.87. The number of rotatable bonds is 2. The molecule has 2 aliphatic rings. The molecular weight excluding hydrogens is 358 g/mol. The fraction of sp³-hybridized carbons (Fsp3) is 0.0952. The van der Waals surface area contributed by atoms with E-state index >= 15 is 0 Å². The Morgan fingerprint density at radius 2 is 1.61 bits per heavy atom. The average Bonchev–Trinajstić information content (AvgIpc) is 3.16. The summed E-state index contributed by atoms with van der Waals surface area (Å²) in [6, 6.07) is 9.40. The van der Waals surface area contributed by atoms with Gasteiger partial charge in [0.25, 0.3) is 5.69 Å². The number of hydrogen-bond donors (Lipinski definition) is 1. The van der Waals surface area contributed by atoms with Crippen LogP contribution in [0.5, 0.6) is 0 Å². The number of fused-ring (bicyclic) bond motifs is 4. The number of allylic oxidation sites excluding steroid dienone is 4. The first-order chi connectivity index (χ1) is 13.5. The van der Waals surface area contributed by atoms with Crippen molar-refractivity contribution in [3.05, 3.63) is 81.9 Å². The van der Waals surface area contributed by atoms with Crippen molar-refractivity contribution in [1.29, 1.82) is 0 Å². The van der Waals surface area contributed by atoms with Gasteiger partial charge in [0.2, 0.25) is 0 Å². The highest BCUT2D eigenvalue weighted by Gasteiger charge is 2.40. The van der Waals surface area contributed by atoms with Crippen LogP contribution in [-0.2, 0) is 0 Å². The number of non-ortho nitro benzene ring substituents is 1. The minimum absolute atomic E-state index is 0.0128. The molecule has 3 aromatic rings. The molecule has 7 nitrogen and oxygen atoms in total. The van der Waals surface area contributed by atoms with Gasteiger partial charge in [-0.2, -0.15) is 0 Å². The van der Waals surface area contributed by atoms with Crippen LogP contribution < -0.4 is 0 Å². The van der Waals surface area contributed by atoms with Gasteiger partial charge in [-0.25, -0.2) is 4.98 Å². The quantitative estimate of drug-likeness (QED) is 0.543. The maximum atomic E-state index is 13.1. The van der Waals surface area contributed by atoms with E-state index < -0.39 is 16.8 Å². The second kappa shape index (κ2) is 5.82. The smallest absolute Gasteiger partial charge is 0.269 e. The van der Waals surface area contributed by atoms with Crippen molar-refractivity contribution in [2.75, 3.05) is 0 Å². The van der Waals surface area contributed by atoms with Crippen LogP contribution in [0.4, 0.5) is 5.69 Å². The molecule has 1 aromatic heterocycles. The van der Waals surface area contributed by atoms with E-state index in [4.69, 9.17) is 0 Å². The summed E-state index contributed by atoms with van der Waals surface area (Å²) in [5.74, 6) is -0.681. The molecule has 0 saturated carbocycles. The first-order valence-corrected chi connectivity index (χ1v) is 8.75.